The Balaban J connectivity index is 1.77. The maximum atomic E-state index is 13.5. The highest BCUT2D eigenvalue weighted by molar-refractivity contribution is 7.89. The van der Waals surface area contributed by atoms with Gasteiger partial charge in [-0.3, -0.25) is 4.98 Å². The number of rotatable bonds is 7. The van der Waals surface area contributed by atoms with Crippen LogP contribution in [0.3, 0.4) is 0 Å². The van der Waals surface area contributed by atoms with Crippen LogP contribution in [0.25, 0.3) is 11.1 Å². The molecule has 0 N–H and O–H groups in total. The zero-order valence-electron chi connectivity index (χ0n) is 17.7. The highest BCUT2D eigenvalue weighted by atomic mass is 32.2. The van der Waals surface area contributed by atoms with Crippen LogP contribution in [-0.2, 0) is 16.4 Å². The number of aryl methyl sites for hydroxylation is 1. The first-order chi connectivity index (χ1) is 15.0. The van der Waals surface area contributed by atoms with Gasteiger partial charge in [0.1, 0.15) is 11.6 Å². The first-order valence-electron chi connectivity index (χ1n) is 10.5. The molecule has 7 nitrogen and oxygen atoms in total. The molecule has 0 unspecified atom stereocenters. The van der Waals surface area contributed by atoms with Crippen LogP contribution in [0.2, 0.25) is 0 Å². The molecule has 1 aromatic carbocycles. The van der Waals surface area contributed by atoms with Crippen LogP contribution in [0.1, 0.15) is 43.7 Å². The van der Waals surface area contributed by atoms with Gasteiger partial charge in [0.25, 0.3) is 0 Å². The van der Waals surface area contributed by atoms with Crippen LogP contribution in [-0.4, -0.2) is 41.3 Å². The molecule has 1 fully saturated rings. The summed E-state index contributed by atoms with van der Waals surface area (Å²) in [6.45, 7) is 2.54. The lowest BCUT2D eigenvalue weighted by molar-refractivity contribution is 0.389. The monoisotopic (exact) mass is 438 g/mol. The molecule has 31 heavy (non-hydrogen) atoms. The van der Waals surface area contributed by atoms with Crippen LogP contribution in [0.15, 0.2) is 59.9 Å². The molecule has 1 aliphatic rings. The van der Waals surface area contributed by atoms with Gasteiger partial charge < -0.3 is 4.74 Å². The lowest BCUT2D eigenvalue weighted by Gasteiger charge is -2.25. The van der Waals surface area contributed by atoms with Crippen molar-refractivity contribution in [1.82, 2.24) is 19.3 Å². The molecule has 0 amide bonds. The number of hydrogen-bond donors (Lipinski definition) is 0. The van der Waals surface area contributed by atoms with Crippen molar-refractivity contribution in [2.24, 2.45) is 0 Å². The van der Waals surface area contributed by atoms with Crippen molar-refractivity contribution >= 4 is 10.0 Å². The molecule has 0 bridgehead atoms. The van der Waals surface area contributed by atoms with E-state index in [2.05, 4.69) is 16.9 Å². The smallest absolute Gasteiger partial charge is 0.243 e. The minimum Gasteiger partial charge on any atom is -0.497 e. The number of benzene rings is 1. The number of methoxy groups -OCH3 is 1. The van der Waals surface area contributed by atoms with E-state index in [4.69, 9.17) is 9.72 Å². The molecule has 0 saturated carbocycles. The highest BCUT2D eigenvalue weighted by Gasteiger charge is 2.38. The van der Waals surface area contributed by atoms with E-state index >= 15 is 0 Å². The molecule has 3 aromatic rings. The van der Waals surface area contributed by atoms with E-state index in [-0.39, 0.29) is 10.9 Å². The number of pyridine rings is 1. The van der Waals surface area contributed by atoms with Crippen molar-refractivity contribution < 1.29 is 13.2 Å². The summed E-state index contributed by atoms with van der Waals surface area (Å²) in [5.74, 6) is 1.36. The predicted octanol–water partition coefficient (Wildman–Crippen LogP) is 4.03. The Bertz CT molecular complexity index is 1140. The van der Waals surface area contributed by atoms with E-state index in [0.717, 1.165) is 48.3 Å². The average molecular weight is 439 g/mol. The number of hydrogen-bond acceptors (Lipinski definition) is 6. The van der Waals surface area contributed by atoms with E-state index in [1.807, 2.05) is 18.3 Å². The third-order valence-corrected chi connectivity index (χ3v) is 7.44. The lowest BCUT2D eigenvalue weighted by atomic mass is 10.0. The van der Waals surface area contributed by atoms with E-state index in [0.29, 0.717) is 12.3 Å². The first kappa shape index (κ1) is 21.4. The fraction of sp³-hybridized carbons (Fsp3) is 0.348. The van der Waals surface area contributed by atoms with Gasteiger partial charge in [-0.2, -0.15) is 4.31 Å². The van der Waals surface area contributed by atoms with Gasteiger partial charge in [0.2, 0.25) is 10.0 Å². The summed E-state index contributed by atoms with van der Waals surface area (Å²) in [7, 11) is -2.12. The zero-order chi connectivity index (χ0) is 21.8. The number of aromatic nitrogens is 3. The largest absolute Gasteiger partial charge is 0.497 e. The summed E-state index contributed by atoms with van der Waals surface area (Å²) < 4.78 is 33.8. The summed E-state index contributed by atoms with van der Waals surface area (Å²) in [5.41, 5.74) is 2.55. The topological polar surface area (TPSA) is 85.3 Å². The van der Waals surface area contributed by atoms with Gasteiger partial charge in [0.15, 0.2) is 0 Å². The van der Waals surface area contributed by atoms with Crippen molar-refractivity contribution in [3.8, 4) is 16.9 Å². The van der Waals surface area contributed by atoms with Gasteiger partial charge in [0.05, 0.1) is 23.7 Å². The second kappa shape index (κ2) is 9.11. The molecular weight excluding hydrogens is 412 g/mol. The SMILES string of the molecule is CCCc1ncc(-c2ccncc2)c([C@H]2CCCN2S(=O)(=O)c2ccc(OC)cc2)n1. The van der Waals surface area contributed by atoms with Crippen LogP contribution in [0.5, 0.6) is 5.75 Å². The van der Waals surface area contributed by atoms with E-state index in [1.165, 1.54) is 0 Å². The summed E-state index contributed by atoms with van der Waals surface area (Å²) in [6.07, 6.45) is 8.44. The van der Waals surface area contributed by atoms with Crippen molar-refractivity contribution in [2.45, 2.75) is 43.5 Å². The number of ether oxygens (including phenoxy) is 1. The summed E-state index contributed by atoms with van der Waals surface area (Å²) in [5, 5.41) is 0. The first-order valence-corrected chi connectivity index (χ1v) is 11.9. The van der Waals surface area contributed by atoms with Crippen LogP contribution >= 0.6 is 0 Å². The van der Waals surface area contributed by atoms with Crippen LogP contribution < -0.4 is 4.74 Å². The fourth-order valence-electron chi connectivity index (χ4n) is 3.97. The molecule has 0 spiro atoms. The minimum absolute atomic E-state index is 0.258. The molecule has 0 radical (unpaired) electrons. The quantitative estimate of drug-likeness (QED) is 0.554. The van der Waals surface area contributed by atoms with Crippen molar-refractivity contribution in [2.75, 3.05) is 13.7 Å². The van der Waals surface area contributed by atoms with E-state index < -0.39 is 10.0 Å². The van der Waals surface area contributed by atoms with E-state index in [9.17, 15) is 8.42 Å². The Morgan fingerprint density at radius 1 is 1.13 bits per heavy atom. The Labute approximate surface area is 183 Å². The van der Waals surface area contributed by atoms with Crippen LogP contribution in [0, 0.1) is 0 Å². The third kappa shape index (κ3) is 4.31. The van der Waals surface area contributed by atoms with E-state index in [1.54, 1.807) is 48.1 Å². The molecule has 0 aliphatic carbocycles. The van der Waals surface area contributed by atoms with Gasteiger partial charge in [-0.15, -0.1) is 0 Å². The number of sulfonamides is 1. The molecule has 162 valence electrons. The fourth-order valence-corrected chi connectivity index (χ4v) is 5.63. The molecule has 1 saturated heterocycles. The molecule has 4 rings (SSSR count). The third-order valence-electron chi connectivity index (χ3n) is 5.52. The minimum atomic E-state index is -3.68. The van der Waals surface area contributed by atoms with Gasteiger partial charge in [0, 0.05) is 37.1 Å². The standard InChI is InChI=1S/C23H26N4O3S/c1-3-5-22-25-16-20(17-11-13-24-14-12-17)23(26-22)21-6-4-15-27(21)31(28,29)19-9-7-18(30-2)8-10-19/h7-14,16,21H,3-6,15H2,1-2H3/t21-/m1/s1. The Kier molecular flexibility index (Phi) is 6.29. The highest BCUT2D eigenvalue weighted by Crippen LogP contribution is 2.39. The predicted molar refractivity (Wildman–Crippen MR) is 118 cm³/mol. The summed E-state index contributed by atoms with van der Waals surface area (Å²) in [6, 6.07) is 9.99. The molecule has 1 aliphatic heterocycles. The van der Waals surface area contributed by atoms with Crippen molar-refractivity contribution in [3.63, 3.8) is 0 Å². The number of nitrogens with zero attached hydrogens (tertiary/aromatic N) is 4. The molecular formula is C23H26N4O3S. The molecule has 8 heteroatoms. The van der Waals surface area contributed by atoms with Gasteiger partial charge in [-0.05, 0) is 61.2 Å². The van der Waals surface area contributed by atoms with Gasteiger partial charge >= 0.3 is 0 Å². The van der Waals surface area contributed by atoms with Crippen LogP contribution in [0.4, 0.5) is 0 Å². The van der Waals surface area contributed by atoms with Gasteiger partial charge in [-0.1, -0.05) is 6.92 Å². The van der Waals surface area contributed by atoms with Gasteiger partial charge in [-0.25, -0.2) is 18.4 Å². The second-order valence-corrected chi connectivity index (χ2v) is 9.41. The molecule has 3 heterocycles. The average Bonchev–Trinajstić information content (AvgIpc) is 3.31. The maximum Gasteiger partial charge on any atom is 0.243 e. The maximum absolute atomic E-state index is 13.5. The Morgan fingerprint density at radius 3 is 2.55 bits per heavy atom. The Morgan fingerprint density at radius 2 is 1.87 bits per heavy atom. The summed E-state index contributed by atoms with van der Waals surface area (Å²) >= 11 is 0. The Hall–Kier alpha value is -2.84. The normalized spacial score (nSPS) is 17.0. The second-order valence-electron chi connectivity index (χ2n) is 7.52. The lowest BCUT2D eigenvalue weighted by Crippen LogP contribution is -2.31. The van der Waals surface area contributed by atoms with Crippen molar-refractivity contribution in [1.29, 1.82) is 0 Å². The summed E-state index contributed by atoms with van der Waals surface area (Å²) in [4.78, 5) is 13.7. The van der Waals surface area contributed by atoms with Crippen molar-refractivity contribution in [3.05, 3.63) is 66.5 Å². The zero-order valence-corrected chi connectivity index (χ0v) is 18.5. The molecule has 1 atom stereocenters. The molecule has 2 aromatic heterocycles.